The van der Waals surface area contributed by atoms with E-state index in [1.54, 1.807) is 30.3 Å². The Morgan fingerprint density at radius 3 is 2.57 bits per heavy atom. The van der Waals surface area contributed by atoms with E-state index in [9.17, 15) is 14.4 Å². The standard InChI is InChI=1S/C14H10ClN3O3/c1-8(19)17-7-12(20)18-13(21)11(16-14(17)18)6-9-2-4-10(15)5-3-9/h2-6H,7H2,1H3/b11-6-. The Labute approximate surface area is 125 Å². The fourth-order valence-electron chi connectivity index (χ4n) is 2.16. The molecule has 6 nitrogen and oxygen atoms in total. The number of aliphatic imine (C=N–C) groups is 1. The largest absolute Gasteiger partial charge is 0.286 e. The van der Waals surface area contributed by atoms with Crippen molar-refractivity contribution >= 4 is 41.4 Å². The number of fused-ring (bicyclic) bond motifs is 1. The van der Waals surface area contributed by atoms with Crippen molar-refractivity contribution in [3.05, 3.63) is 40.5 Å². The third-order valence-electron chi connectivity index (χ3n) is 3.18. The van der Waals surface area contributed by atoms with Crippen LogP contribution in [0.25, 0.3) is 6.08 Å². The molecule has 1 saturated heterocycles. The van der Waals surface area contributed by atoms with E-state index in [0.29, 0.717) is 5.02 Å². The number of carbonyl (C=O) groups excluding carboxylic acids is 3. The molecule has 1 aromatic rings. The lowest BCUT2D eigenvalue weighted by atomic mass is 10.2. The second-order valence-corrected chi connectivity index (χ2v) is 5.07. The maximum absolute atomic E-state index is 12.2. The first-order chi connectivity index (χ1) is 9.97. The zero-order chi connectivity index (χ0) is 15.1. The minimum atomic E-state index is -0.520. The van der Waals surface area contributed by atoms with Crippen molar-refractivity contribution in [2.24, 2.45) is 4.99 Å². The molecule has 0 spiro atoms. The van der Waals surface area contributed by atoms with Gasteiger partial charge in [0.25, 0.3) is 11.8 Å². The number of imide groups is 1. The molecule has 0 N–H and O–H groups in total. The molecule has 2 aliphatic heterocycles. The molecule has 7 heteroatoms. The van der Waals surface area contributed by atoms with Gasteiger partial charge in [0, 0.05) is 11.9 Å². The lowest BCUT2D eigenvalue weighted by Gasteiger charge is -2.10. The van der Waals surface area contributed by atoms with Crippen LogP contribution in [0.2, 0.25) is 5.02 Å². The first kappa shape index (κ1) is 13.5. The number of guanidine groups is 1. The SMILES string of the molecule is CC(=O)N1CC(=O)N2C(=O)/C(=C/c3ccc(Cl)cc3)N=C12. The van der Waals surface area contributed by atoms with Crippen LogP contribution in [-0.2, 0) is 14.4 Å². The van der Waals surface area contributed by atoms with E-state index in [4.69, 9.17) is 11.6 Å². The summed E-state index contributed by atoms with van der Waals surface area (Å²) >= 11 is 5.80. The summed E-state index contributed by atoms with van der Waals surface area (Å²) in [5.74, 6) is -1.22. The quantitative estimate of drug-likeness (QED) is 0.579. The maximum atomic E-state index is 12.2. The lowest BCUT2D eigenvalue weighted by Crippen LogP contribution is -2.36. The number of benzene rings is 1. The van der Waals surface area contributed by atoms with Gasteiger partial charge in [0.2, 0.25) is 11.9 Å². The van der Waals surface area contributed by atoms with Gasteiger partial charge in [-0.25, -0.2) is 9.89 Å². The van der Waals surface area contributed by atoms with Gasteiger partial charge in [-0.2, -0.15) is 0 Å². The molecule has 0 saturated carbocycles. The van der Waals surface area contributed by atoms with Crippen LogP contribution in [-0.4, -0.2) is 40.0 Å². The molecule has 2 heterocycles. The molecule has 0 radical (unpaired) electrons. The van der Waals surface area contributed by atoms with Gasteiger partial charge >= 0.3 is 0 Å². The molecular formula is C14H10ClN3O3. The molecule has 0 unspecified atom stereocenters. The number of hydrogen-bond acceptors (Lipinski definition) is 4. The van der Waals surface area contributed by atoms with Crippen LogP contribution in [0.4, 0.5) is 0 Å². The Morgan fingerprint density at radius 2 is 1.95 bits per heavy atom. The first-order valence-corrected chi connectivity index (χ1v) is 6.56. The second kappa shape index (κ2) is 4.82. The normalized spacial score (nSPS) is 19.3. The Balaban J connectivity index is 1.99. The van der Waals surface area contributed by atoms with Crippen LogP contribution in [0.5, 0.6) is 0 Å². The molecule has 3 amide bonds. The number of hydrogen-bond donors (Lipinski definition) is 0. The van der Waals surface area contributed by atoms with Gasteiger partial charge in [-0.05, 0) is 23.8 Å². The molecule has 0 bridgehead atoms. The third-order valence-corrected chi connectivity index (χ3v) is 3.43. The van der Waals surface area contributed by atoms with Crippen LogP contribution in [0.15, 0.2) is 35.0 Å². The highest BCUT2D eigenvalue weighted by atomic mass is 35.5. The molecule has 3 rings (SSSR count). The average molecular weight is 304 g/mol. The van der Waals surface area contributed by atoms with Crippen LogP contribution in [0.1, 0.15) is 12.5 Å². The van der Waals surface area contributed by atoms with Gasteiger partial charge in [0.1, 0.15) is 12.2 Å². The Hall–Kier alpha value is -2.47. The Morgan fingerprint density at radius 1 is 1.29 bits per heavy atom. The fraction of sp³-hybridized carbons (Fsp3) is 0.143. The summed E-state index contributed by atoms with van der Waals surface area (Å²) in [6.45, 7) is 1.18. The van der Waals surface area contributed by atoms with Crippen LogP contribution >= 0.6 is 11.6 Å². The van der Waals surface area contributed by atoms with Gasteiger partial charge in [0.05, 0.1) is 0 Å². The van der Waals surface area contributed by atoms with E-state index in [1.165, 1.54) is 11.8 Å². The zero-order valence-electron chi connectivity index (χ0n) is 11.0. The van der Waals surface area contributed by atoms with Crippen LogP contribution in [0.3, 0.4) is 0 Å². The van der Waals surface area contributed by atoms with Crippen molar-refractivity contribution in [2.45, 2.75) is 6.92 Å². The van der Waals surface area contributed by atoms with Gasteiger partial charge in [-0.15, -0.1) is 0 Å². The Kier molecular flexibility index (Phi) is 3.10. The topological polar surface area (TPSA) is 70.1 Å². The highest BCUT2D eigenvalue weighted by Gasteiger charge is 2.45. The van der Waals surface area contributed by atoms with Crippen LogP contribution < -0.4 is 0 Å². The monoisotopic (exact) mass is 303 g/mol. The van der Waals surface area contributed by atoms with Crippen molar-refractivity contribution in [1.29, 1.82) is 0 Å². The number of amides is 3. The van der Waals surface area contributed by atoms with Crippen molar-refractivity contribution in [2.75, 3.05) is 6.54 Å². The van der Waals surface area contributed by atoms with Crippen molar-refractivity contribution < 1.29 is 14.4 Å². The molecule has 0 atom stereocenters. The van der Waals surface area contributed by atoms with E-state index >= 15 is 0 Å². The molecule has 1 fully saturated rings. The van der Waals surface area contributed by atoms with Gasteiger partial charge in [-0.3, -0.25) is 19.3 Å². The minimum Gasteiger partial charge on any atom is -0.275 e. The summed E-state index contributed by atoms with van der Waals surface area (Å²) in [4.78, 5) is 41.7. The molecule has 21 heavy (non-hydrogen) atoms. The molecule has 0 aromatic heterocycles. The first-order valence-electron chi connectivity index (χ1n) is 6.19. The van der Waals surface area contributed by atoms with E-state index < -0.39 is 11.8 Å². The second-order valence-electron chi connectivity index (χ2n) is 4.63. The van der Waals surface area contributed by atoms with Gasteiger partial charge in [-0.1, -0.05) is 23.7 Å². The molecular weight excluding hydrogens is 294 g/mol. The maximum Gasteiger partial charge on any atom is 0.286 e. The number of carbonyl (C=O) groups is 3. The fourth-order valence-corrected chi connectivity index (χ4v) is 2.28. The smallest absolute Gasteiger partial charge is 0.275 e. The molecule has 0 aliphatic carbocycles. The summed E-state index contributed by atoms with van der Waals surface area (Å²) < 4.78 is 0. The van der Waals surface area contributed by atoms with Gasteiger partial charge in [0.15, 0.2) is 0 Å². The molecule has 1 aromatic carbocycles. The van der Waals surface area contributed by atoms with Crippen LogP contribution in [0, 0.1) is 0 Å². The molecule has 106 valence electrons. The average Bonchev–Trinajstić information content (AvgIpc) is 2.92. The van der Waals surface area contributed by atoms with Crippen molar-refractivity contribution in [1.82, 2.24) is 9.80 Å². The highest BCUT2D eigenvalue weighted by molar-refractivity contribution is 6.30. The number of halogens is 1. The summed E-state index contributed by atoms with van der Waals surface area (Å²) in [5, 5.41) is 0.583. The predicted octanol–water partition coefficient (Wildman–Crippen LogP) is 1.27. The summed E-state index contributed by atoms with van der Waals surface area (Å²) in [5.41, 5.74) is 0.849. The molecule has 2 aliphatic rings. The highest BCUT2D eigenvalue weighted by Crippen LogP contribution is 2.24. The van der Waals surface area contributed by atoms with Crippen molar-refractivity contribution in [3.63, 3.8) is 0 Å². The number of rotatable bonds is 1. The van der Waals surface area contributed by atoms with E-state index in [1.807, 2.05) is 0 Å². The Bertz CT molecular complexity index is 721. The predicted molar refractivity (Wildman–Crippen MR) is 76.1 cm³/mol. The summed E-state index contributed by atoms with van der Waals surface area (Å²) in [6.07, 6.45) is 1.55. The summed E-state index contributed by atoms with van der Waals surface area (Å²) in [7, 11) is 0. The lowest BCUT2D eigenvalue weighted by molar-refractivity contribution is -0.136. The summed E-state index contributed by atoms with van der Waals surface area (Å²) in [6, 6.07) is 6.84. The van der Waals surface area contributed by atoms with E-state index in [-0.39, 0.29) is 24.1 Å². The van der Waals surface area contributed by atoms with Crippen molar-refractivity contribution in [3.8, 4) is 0 Å². The minimum absolute atomic E-state index is 0.0812. The zero-order valence-corrected chi connectivity index (χ0v) is 11.8. The third kappa shape index (κ3) is 2.23. The van der Waals surface area contributed by atoms with E-state index in [2.05, 4.69) is 4.99 Å². The van der Waals surface area contributed by atoms with Gasteiger partial charge < -0.3 is 0 Å². The van der Waals surface area contributed by atoms with E-state index in [0.717, 1.165) is 10.5 Å². The number of nitrogens with zero attached hydrogens (tertiary/aromatic N) is 3.